The number of hydrogen-bond donors (Lipinski definition) is 0. The topological polar surface area (TPSA) is 65.1 Å². The summed E-state index contributed by atoms with van der Waals surface area (Å²) < 4.78 is 16.8. The van der Waals surface area contributed by atoms with Gasteiger partial charge >= 0.3 is 0 Å². The Labute approximate surface area is 190 Å². The van der Waals surface area contributed by atoms with E-state index in [-0.39, 0.29) is 24.3 Å². The van der Waals surface area contributed by atoms with Crippen LogP contribution >= 0.6 is 23.4 Å². The summed E-state index contributed by atoms with van der Waals surface area (Å²) in [6, 6.07) is 12.4. The summed E-state index contributed by atoms with van der Waals surface area (Å²) >= 11 is 6.95. The first-order valence-electron chi connectivity index (χ1n) is 9.66. The van der Waals surface area contributed by atoms with E-state index in [1.807, 2.05) is 6.92 Å². The Morgan fingerprint density at radius 1 is 1.06 bits per heavy atom. The molecule has 1 aliphatic rings. The summed E-state index contributed by atoms with van der Waals surface area (Å²) in [6.45, 7) is 6.62. The summed E-state index contributed by atoms with van der Waals surface area (Å²) in [5.41, 5.74) is 0.729. The predicted molar refractivity (Wildman–Crippen MR) is 123 cm³/mol. The maximum absolute atomic E-state index is 12.7. The fourth-order valence-electron chi connectivity index (χ4n) is 2.80. The Balaban J connectivity index is 1.68. The van der Waals surface area contributed by atoms with Crippen molar-refractivity contribution in [3.63, 3.8) is 0 Å². The monoisotopic (exact) mass is 459 g/mol. The second-order valence-corrected chi connectivity index (χ2v) is 7.75. The van der Waals surface area contributed by atoms with E-state index in [1.165, 1.54) is 4.90 Å². The lowest BCUT2D eigenvalue weighted by Crippen LogP contribution is -2.32. The van der Waals surface area contributed by atoms with Gasteiger partial charge in [0.1, 0.15) is 19.0 Å². The number of para-hydroxylation sites is 1. The lowest BCUT2D eigenvalue weighted by Gasteiger charge is -2.14. The molecule has 0 radical (unpaired) electrons. The molecule has 1 aliphatic heterocycles. The SMILES string of the molecule is C=CCOc1ccc(/C=C2\SC(=O)N(CCOc3ccccc3Cl)C2=O)cc1OCC. The third kappa shape index (κ3) is 5.83. The zero-order chi connectivity index (χ0) is 22.2. The minimum atomic E-state index is -0.359. The molecule has 3 rings (SSSR count). The van der Waals surface area contributed by atoms with E-state index in [9.17, 15) is 9.59 Å². The molecular formula is C23H22ClNO5S. The zero-order valence-electron chi connectivity index (χ0n) is 17.0. The van der Waals surface area contributed by atoms with E-state index in [0.717, 1.165) is 17.3 Å². The largest absolute Gasteiger partial charge is 0.490 e. The molecule has 8 heteroatoms. The Morgan fingerprint density at radius 3 is 2.61 bits per heavy atom. The number of ether oxygens (including phenoxy) is 3. The van der Waals surface area contributed by atoms with Crippen molar-refractivity contribution in [2.45, 2.75) is 6.92 Å². The fraction of sp³-hybridized carbons (Fsp3) is 0.217. The molecule has 0 spiro atoms. The first kappa shape index (κ1) is 22.8. The van der Waals surface area contributed by atoms with Crippen LogP contribution < -0.4 is 14.2 Å². The Kier molecular flexibility index (Phi) is 8.03. The number of benzene rings is 2. The van der Waals surface area contributed by atoms with Gasteiger partial charge in [0.2, 0.25) is 0 Å². The van der Waals surface area contributed by atoms with E-state index < -0.39 is 0 Å². The molecule has 0 saturated carbocycles. The van der Waals surface area contributed by atoms with Crippen LogP contribution in [-0.2, 0) is 4.79 Å². The molecule has 6 nitrogen and oxygen atoms in total. The number of rotatable bonds is 10. The molecule has 2 amide bonds. The van der Waals surface area contributed by atoms with Crippen molar-refractivity contribution in [1.29, 1.82) is 0 Å². The van der Waals surface area contributed by atoms with Crippen LogP contribution in [0.25, 0.3) is 6.08 Å². The summed E-state index contributed by atoms with van der Waals surface area (Å²) in [4.78, 5) is 26.5. The van der Waals surface area contributed by atoms with Gasteiger partial charge in [-0.1, -0.05) is 42.5 Å². The van der Waals surface area contributed by atoms with Crippen LogP contribution in [-0.4, -0.2) is 42.4 Å². The van der Waals surface area contributed by atoms with Crippen molar-refractivity contribution in [3.8, 4) is 17.2 Å². The minimum absolute atomic E-state index is 0.131. The van der Waals surface area contributed by atoms with Gasteiger partial charge in [0.15, 0.2) is 11.5 Å². The van der Waals surface area contributed by atoms with Crippen molar-refractivity contribution in [1.82, 2.24) is 4.90 Å². The molecule has 162 valence electrons. The third-order valence-electron chi connectivity index (χ3n) is 4.20. The van der Waals surface area contributed by atoms with Crippen molar-refractivity contribution >= 4 is 40.6 Å². The van der Waals surface area contributed by atoms with E-state index in [1.54, 1.807) is 54.6 Å². The summed E-state index contributed by atoms with van der Waals surface area (Å²) in [7, 11) is 0. The summed E-state index contributed by atoms with van der Waals surface area (Å²) in [5.74, 6) is 1.30. The molecular weight excluding hydrogens is 438 g/mol. The highest BCUT2D eigenvalue weighted by atomic mass is 35.5. The highest BCUT2D eigenvalue weighted by Gasteiger charge is 2.34. The second kappa shape index (κ2) is 10.9. The van der Waals surface area contributed by atoms with Crippen LogP contribution in [0.5, 0.6) is 17.2 Å². The van der Waals surface area contributed by atoms with Crippen molar-refractivity contribution in [2.24, 2.45) is 0 Å². The minimum Gasteiger partial charge on any atom is -0.490 e. The van der Waals surface area contributed by atoms with Gasteiger partial charge in [0, 0.05) is 0 Å². The van der Waals surface area contributed by atoms with Gasteiger partial charge in [-0.15, -0.1) is 0 Å². The fourth-order valence-corrected chi connectivity index (χ4v) is 3.86. The number of nitrogens with zero attached hydrogens (tertiary/aromatic N) is 1. The maximum Gasteiger partial charge on any atom is 0.293 e. The van der Waals surface area contributed by atoms with Crippen LogP contribution in [0.4, 0.5) is 4.79 Å². The Bertz CT molecular complexity index is 1010. The van der Waals surface area contributed by atoms with Gasteiger partial charge in [0.05, 0.1) is 23.1 Å². The normalized spacial score (nSPS) is 14.8. The van der Waals surface area contributed by atoms with Gasteiger partial charge in [-0.05, 0) is 54.6 Å². The van der Waals surface area contributed by atoms with Gasteiger partial charge in [-0.3, -0.25) is 14.5 Å². The van der Waals surface area contributed by atoms with Crippen LogP contribution in [0.15, 0.2) is 60.0 Å². The quantitative estimate of drug-likeness (QED) is 0.349. The van der Waals surface area contributed by atoms with Crippen molar-refractivity contribution in [3.05, 3.63) is 70.6 Å². The Morgan fingerprint density at radius 2 is 1.87 bits per heavy atom. The molecule has 1 saturated heterocycles. The molecule has 1 fully saturated rings. The number of amides is 2. The smallest absolute Gasteiger partial charge is 0.293 e. The first-order chi connectivity index (χ1) is 15.0. The number of carbonyl (C=O) groups excluding carboxylic acids is 2. The maximum atomic E-state index is 12.7. The molecule has 0 unspecified atom stereocenters. The number of hydrogen-bond acceptors (Lipinski definition) is 6. The predicted octanol–water partition coefficient (Wildman–Crippen LogP) is 5.42. The Hall–Kier alpha value is -2.90. The second-order valence-electron chi connectivity index (χ2n) is 6.35. The van der Waals surface area contributed by atoms with Crippen LogP contribution in [0.3, 0.4) is 0 Å². The number of halogens is 1. The van der Waals surface area contributed by atoms with Crippen molar-refractivity contribution < 1.29 is 23.8 Å². The average Bonchev–Trinajstić information content (AvgIpc) is 3.02. The molecule has 31 heavy (non-hydrogen) atoms. The lowest BCUT2D eigenvalue weighted by molar-refractivity contribution is -0.123. The molecule has 0 aliphatic carbocycles. The molecule has 0 aromatic heterocycles. The molecule has 2 aromatic rings. The average molecular weight is 460 g/mol. The number of imide groups is 1. The van der Waals surface area contributed by atoms with E-state index in [0.29, 0.717) is 40.4 Å². The third-order valence-corrected chi connectivity index (χ3v) is 5.42. The molecule has 1 heterocycles. The van der Waals surface area contributed by atoms with E-state index >= 15 is 0 Å². The van der Waals surface area contributed by atoms with Gasteiger partial charge in [-0.2, -0.15) is 0 Å². The molecule has 0 atom stereocenters. The van der Waals surface area contributed by atoms with Crippen LogP contribution in [0.2, 0.25) is 5.02 Å². The zero-order valence-corrected chi connectivity index (χ0v) is 18.6. The summed E-state index contributed by atoms with van der Waals surface area (Å²) in [6.07, 6.45) is 3.31. The number of carbonyl (C=O) groups is 2. The van der Waals surface area contributed by atoms with Gasteiger partial charge in [-0.25, -0.2) is 0 Å². The highest BCUT2D eigenvalue weighted by molar-refractivity contribution is 8.18. The number of thioether (sulfide) groups is 1. The first-order valence-corrected chi connectivity index (χ1v) is 10.9. The van der Waals surface area contributed by atoms with E-state index in [2.05, 4.69) is 6.58 Å². The van der Waals surface area contributed by atoms with E-state index in [4.69, 9.17) is 25.8 Å². The molecule has 2 aromatic carbocycles. The highest BCUT2D eigenvalue weighted by Crippen LogP contribution is 2.34. The molecule has 0 N–H and O–H groups in total. The standard InChI is InChI=1S/C23H22ClNO5S/c1-3-12-29-19-10-9-16(14-20(19)28-4-2)15-21-22(26)25(23(27)31-21)11-13-30-18-8-6-5-7-17(18)24/h3,5-10,14-15H,1,4,11-13H2,2H3/b21-15-. The van der Waals surface area contributed by atoms with Crippen LogP contribution in [0, 0.1) is 0 Å². The van der Waals surface area contributed by atoms with Gasteiger partial charge < -0.3 is 14.2 Å². The molecule has 0 bridgehead atoms. The van der Waals surface area contributed by atoms with Gasteiger partial charge in [0.25, 0.3) is 11.1 Å². The lowest BCUT2D eigenvalue weighted by atomic mass is 10.2. The van der Waals surface area contributed by atoms with Crippen molar-refractivity contribution in [2.75, 3.05) is 26.4 Å². The van der Waals surface area contributed by atoms with Crippen LogP contribution in [0.1, 0.15) is 12.5 Å². The summed E-state index contributed by atoms with van der Waals surface area (Å²) in [5, 5.41) is 0.136.